The highest BCUT2D eigenvalue weighted by Crippen LogP contribution is 2.28. The van der Waals surface area contributed by atoms with Crippen molar-refractivity contribution in [3.8, 4) is 0 Å². The highest BCUT2D eigenvalue weighted by molar-refractivity contribution is 5.89. The van der Waals surface area contributed by atoms with Crippen LogP contribution in [0.3, 0.4) is 0 Å². The molecule has 0 bridgehead atoms. The maximum Gasteiger partial charge on any atom is 0.220 e. The summed E-state index contributed by atoms with van der Waals surface area (Å²) in [5, 5.41) is 68.0. The minimum absolute atomic E-state index is 0.00601. The Morgan fingerprint density at radius 3 is 1.57 bits per heavy atom. The Hall–Kier alpha value is -2.36. The smallest absolute Gasteiger partial charge is 0.220 e. The Labute approximate surface area is 362 Å². The second-order valence-electron chi connectivity index (χ2n) is 16.8. The molecule has 0 aromatic carbocycles. The number of Topliss-reactive ketones (excluding diaryl/α,β-unsaturated/α-hetero) is 1. The molecule has 61 heavy (non-hydrogen) atoms. The van der Waals surface area contributed by atoms with Gasteiger partial charge in [-0.25, -0.2) is 0 Å². The van der Waals surface area contributed by atoms with Crippen molar-refractivity contribution in [2.45, 2.75) is 192 Å². The van der Waals surface area contributed by atoms with Crippen LogP contribution in [-0.4, -0.2) is 162 Å². The van der Waals surface area contributed by atoms with Gasteiger partial charge < -0.3 is 70.3 Å². The third-order valence-corrected chi connectivity index (χ3v) is 11.2. The minimum Gasteiger partial charge on any atom is -0.394 e. The lowest BCUT2D eigenvalue weighted by Crippen LogP contribution is -2.55. The molecule has 2 rings (SSSR count). The minimum atomic E-state index is -1.21. The molecule has 2 fully saturated rings. The molecule has 0 saturated carbocycles. The third kappa shape index (κ3) is 21.7. The summed E-state index contributed by atoms with van der Waals surface area (Å²) in [6, 6.07) is -0.658. The molecule has 0 aromatic heterocycles. The van der Waals surface area contributed by atoms with E-state index in [1.54, 1.807) is 13.8 Å². The summed E-state index contributed by atoms with van der Waals surface area (Å²) < 4.78 is 28.1. The molecule has 3 amide bonds. The average molecular weight is 878 g/mol. The van der Waals surface area contributed by atoms with Crippen molar-refractivity contribution in [2.75, 3.05) is 46.1 Å². The molecule has 2 saturated heterocycles. The zero-order chi connectivity index (χ0) is 45.2. The van der Waals surface area contributed by atoms with Gasteiger partial charge in [0.05, 0.1) is 44.2 Å². The number of unbranched alkanes of at least 4 members (excludes halogenated alkanes) is 6. The molecule has 2 aliphatic rings. The van der Waals surface area contributed by atoms with Gasteiger partial charge in [-0.05, 0) is 71.6 Å². The first-order valence-electron chi connectivity index (χ1n) is 22.6. The molecule has 18 heteroatoms. The molecule has 0 spiro atoms. The maximum absolute atomic E-state index is 13.3. The quantitative estimate of drug-likeness (QED) is 0.0418. The number of aliphatic hydroxyl groups is 6. The second-order valence-corrected chi connectivity index (χ2v) is 16.8. The molecule has 11 atom stereocenters. The predicted molar refractivity (Wildman–Crippen MR) is 224 cm³/mol. The summed E-state index contributed by atoms with van der Waals surface area (Å²) in [5.74, 6) is -1.45. The van der Waals surface area contributed by atoms with Crippen LogP contribution < -0.4 is 16.0 Å². The molecule has 0 aliphatic carbocycles. The second kappa shape index (κ2) is 31.5. The summed E-state index contributed by atoms with van der Waals surface area (Å²) in [6.45, 7) is 8.47. The van der Waals surface area contributed by atoms with Gasteiger partial charge in [0.2, 0.25) is 17.7 Å². The van der Waals surface area contributed by atoms with Crippen LogP contribution in [0.5, 0.6) is 0 Å². The first-order valence-corrected chi connectivity index (χ1v) is 22.6. The topological polar surface area (TPSA) is 272 Å². The monoisotopic (exact) mass is 878 g/mol. The molecule has 2 heterocycles. The molecule has 356 valence electrons. The highest BCUT2D eigenvalue weighted by atomic mass is 16.7. The number of amides is 3. The summed E-state index contributed by atoms with van der Waals surface area (Å²) in [6.07, 6.45) is 0.831. The molecule has 2 aliphatic heterocycles. The number of carbonyl (C=O) groups excluding carboxylic acids is 4. The fourth-order valence-corrected chi connectivity index (χ4v) is 7.21. The number of aliphatic hydroxyl groups excluding tert-OH is 6. The molecular formula is C43H79N3O15. The number of hydrogen-bond donors (Lipinski definition) is 9. The zero-order valence-electron chi connectivity index (χ0n) is 37.0. The van der Waals surface area contributed by atoms with E-state index in [1.807, 2.05) is 13.8 Å². The van der Waals surface area contributed by atoms with Gasteiger partial charge in [0, 0.05) is 63.8 Å². The number of ether oxygens (including phenoxy) is 5. The number of nitrogens with one attached hydrogen (secondary N) is 3. The van der Waals surface area contributed by atoms with Crippen molar-refractivity contribution in [1.82, 2.24) is 16.0 Å². The van der Waals surface area contributed by atoms with Crippen molar-refractivity contribution in [3.63, 3.8) is 0 Å². The van der Waals surface area contributed by atoms with E-state index in [9.17, 15) is 49.8 Å². The van der Waals surface area contributed by atoms with E-state index >= 15 is 0 Å². The molecule has 0 radical (unpaired) electrons. The van der Waals surface area contributed by atoms with Crippen molar-refractivity contribution >= 4 is 23.5 Å². The van der Waals surface area contributed by atoms with Crippen LogP contribution in [0.4, 0.5) is 0 Å². The Bertz CT molecular complexity index is 1230. The Morgan fingerprint density at radius 1 is 0.557 bits per heavy atom. The van der Waals surface area contributed by atoms with Crippen molar-refractivity contribution in [3.05, 3.63) is 0 Å². The van der Waals surface area contributed by atoms with Gasteiger partial charge in [-0.3, -0.25) is 19.2 Å². The largest absolute Gasteiger partial charge is 0.394 e. The van der Waals surface area contributed by atoms with Crippen LogP contribution >= 0.6 is 0 Å². The highest BCUT2D eigenvalue weighted by Gasteiger charge is 2.43. The molecule has 18 nitrogen and oxygen atoms in total. The number of rotatable bonds is 33. The Balaban J connectivity index is 1.72. The van der Waals surface area contributed by atoms with E-state index in [0.29, 0.717) is 90.5 Å². The summed E-state index contributed by atoms with van der Waals surface area (Å²) in [5.41, 5.74) is 0. The molecule has 0 aromatic rings. The van der Waals surface area contributed by atoms with Crippen LogP contribution in [0.15, 0.2) is 0 Å². The van der Waals surface area contributed by atoms with Gasteiger partial charge in [0.1, 0.15) is 24.4 Å². The molecular weight excluding hydrogens is 798 g/mol. The Morgan fingerprint density at radius 2 is 1.03 bits per heavy atom. The van der Waals surface area contributed by atoms with Gasteiger partial charge in [-0.2, -0.15) is 0 Å². The molecule has 9 N–H and O–H groups in total. The van der Waals surface area contributed by atoms with Crippen molar-refractivity contribution < 1.29 is 73.5 Å². The van der Waals surface area contributed by atoms with Gasteiger partial charge >= 0.3 is 0 Å². The van der Waals surface area contributed by atoms with Crippen LogP contribution in [0.2, 0.25) is 0 Å². The SMILES string of the molecule is CC(C)OCCCNC(=O)CCCCCCC(=O)C(CCCCNC(=O)CCCOC1OC(CO)C(O)C(O)C1C)NC(=O)CCCCCOC1OC(CO)C(O)C(O)C1C. The standard InChI is InChI=1S/C43H79N3O15/c1-28(2)57-25-15-22-45-35(50)18-9-6-5-8-17-32(49)31(46-37(52)19-10-7-13-23-58-42-29(3)38(53)40(55)33(26-47)60-42)16-11-12-21-44-36(51)20-14-24-59-43-30(4)39(54)41(56)34(27-48)61-43/h28-31,33-34,38-43,47-48,53-56H,5-27H2,1-4H3,(H,44,51)(H,45,50)(H,46,52). The van der Waals surface area contributed by atoms with E-state index in [1.165, 1.54) is 0 Å². The van der Waals surface area contributed by atoms with Crippen molar-refractivity contribution in [1.29, 1.82) is 0 Å². The maximum atomic E-state index is 13.3. The van der Waals surface area contributed by atoms with E-state index in [2.05, 4.69) is 16.0 Å². The fraction of sp³-hybridized carbons (Fsp3) is 0.907. The lowest BCUT2D eigenvalue weighted by molar-refractivity contribution is -0.282. The number of ketones is 1. The zero-order valence-corrected chi connectivity index (χ0v) is 37.0. The third-order valence-electron chi connectivity index (χ3n) is 11.2. The van der Waals surface area contributed by atoms with E-state index in [-0.39, 0.29) is 49.1 Å². The average Bonchev–Trinajstić information content (AvgIpc) is 3.23. The van der Waals surface area contributed by atoms with Gasteiger partial charge in [-0.1, -0.05) is 33.1 Å². The van der Waals surface area contributed by atoms with E-state index in [4.69, 9.17) is 23.7 Å². The van der Waals surface area contributed by atoms with Crippen molar-refractivity contribution in [2.24, 2.45) is 11.8 Å². The molecule has 11 unspecified atom stereocenters. The summed E-state index contributed by atoms with van der Waals surface area (Å²) in [7, 11) is 0. The first kappa shape index (κ1) is 54.8. The lowest BCUT2D eigenvalue weighted by atomic mass is 9.92. The van der Waals surface area contributed by atoms with Crippen LogP contribution in [0.1, 0.15) is 130 Å². The fourth-order valence-electron chi connectivity index (χ4n) is 7.21. The predicted octanol–water partition coefficient (Wildman–Crippen LogP) is 1.12. The van der Waals surface area contributed by atoms with E-state index < -0.39 is 80.3 Å². The summed E-state index contributed by atoms with van der Waals surface area (Å²) in [4.78, 5) is 50.9. The van der Waals surface area contributed by atoms with Gasteiger partial charge in [0.25, 0.3) is 0 Å². The van der Waals surface area contributed by atoms with Gasteiger partial charge in [0.15, 0.2) is 18.4 Å². The van der Waals surface area contributed by atoms with E-state index in [0.717, 1.165) is 25.7 Å². The van der Waals surface area contributed by atoms with Crippen LogP contribution in [0.25, 0.3) is 0 Å². The van der Waals surface area contributed by atoms with Crippen LogP contribution in [-0.2, 0) is 42.9 Å². The number of hydrogen-bond acceptors (Lipinski definition) is 15. The first-order chi connectivity index (χ1) is 29.2. The lowest BCUT2D eigenvalue weighted by Gasteiger charge is -2.40. The number of carbonyl (C=O) groups is 4. The van der Waals surface area contributed by atoms with Gasteiger partial charge in [-0.15, -0.1) is 0 Å². The van der Waals surface area contributed by atoms with Crippen LogP contribution in [0, 0.1) is 11.8 Å². The normalized spacial score (nSPS) is 27.1. The Kier molecular flexibility index (Phi) is 28.3. The summed E-state index contributed by atoms with van der Waals surface area (Å²) >= 11 is 0.